The van der Waals surface area contributed by atoms with E-state index in [2.05, 4.69) is 10.2 Å². The molecule has 0 radical (unpaired) electrons. The number of benzene rings is 1. The lowest BCUT2D eigenvalue weighted by atomic mass is 10.2. The van der Waals surface area contributed by atoms with Gasteiger partial charge in [-0.15, -0.1) is 10.2 Å². The van der Waals surface area contributed by atoms with Gasteiger partial charge in [-0.3, -0.25) is 4.55 Å². The molecule has 0 atom stereocenters. The van der Waals surface area contributed by atoms with Gasteiger partial charge in [-0.2, -0.15) is 8.42 Å². The van der Waals surface area contributed by atoms with E-state index in [0.717, 1.165) is 5.75 Å². The van der Waals surface area contributed by atoms with Crippen LogP contribution in [0.4, 0.5) is 0 Å². The first-order chi connectivity index (χ1) is 8.91. The summed E-state index contributed by atoms with van der Waals surface area (Å²) in [5, 5.41) is 8.13. The highest BCUT2D eigenvalue weighted by molar-refractivity contribution is 7.99. The second-order valence-electron chi connectivity index (χ2n) is 3.42. The Bertz CT molecular complexity index is 699. The minimum atomic E-state index is -4.39. The SMILES string of the molecule is CCSc1nnc(-c2cc(Cl)ccc2S(=O)(=O)O)o1. The Morgan fingerprint density at radius 3 is 2.79 bits per heavy atom. The van der Waals surface area contributed by atoms with Crippen LogP contribution in [0.25, 0.3) is 11.5 Å². The number of thioether (sulfide) groups is 1. The van der Waals surface area contributed by atoms with Gasteiger partial charge in [0.2, 0.25) is 5.89 Å². The summed E-state index contributed by atoms with van der Waals surface area (Å²) in [4.78, 5) is -0.325. The Balaban J connectivity index is 2.56. The molecule has 0 fully saturated rings. The van der Waals surface area contributed by atoms with Gasteiger partial charge in [-0.1, -0.05) is 30.3 Å². The second-order valence-corrected chi connectivity index (χ2v) is 6.46. The third-order valence-corrected chi connectivity index (χ3v) is 3.97. The number of aromatic nitrogens is 2. The van der Waals surface area contributed by atoms with Crippen molar-refractivity contribution in [3.05, 3.63) is 23.2 Å². The quantitative estimate of drug-likeness (QED) is 0.683. The normalized spacial score (nSPS) is 11.7. The highest BCUT2D eigenvalue weighted by atomic mass is 35.5. The van der Waals surface area contributed by atoms with Gasteiger partial charge in [0.05, 0.1) is 5.56 Å². The molecule has 2 rings (SSSR count). The van der Waals surface area contributed by atoms with E-state index in [1.807, 2.05) is 6.92 Å². The summed E-state index contributed by atoms with van der Waals surface area (Å²) in [5.41, 5.74) is 0.0745. The van der Waals surface area contributed by atoms with E-state index in [-0.39, 0.29) is 16.3 Å². The maximum Gasteiger partial charge on any atom is 0.295 e. The van der Waals surface area contributed by atoms with Crippen molar-refractivity contribution >= 4 is 33.5 Å². The van der Waals surface area contributed by atoms with Crippen molar-refractivity contribution in [2.75, 3.05) is 5.75 Å². The minimum absolute atomic E-state index is 0.00826. The van der Waals surface area contributed by atoms with Crippen LogP contribution in [-0.4, -0.2) is 28.9 Å². The molecule has 1 N–H and O–H groups in total. The van der Waals surface area contributed by atoms with E-state index in [4.69, 9.17) is 20.6 Å². The van der Waals surface area contributed by atoms with Crippen LogP contribution in [0.1, 0.15) is 6.92 Å². The Morgan fingerprint density at radius 2 is 2.16 bits per heavy atom. The van der Waals surface area contributed by atoms with Crippen molar-refractivity contribution in [3.8, 4) is 11.5 Å². The molecule has 9 heteroatoms. The third-order valence-electron chi connectivity index (χ3n) is 2.12. The topological polar surface area (TPSA) is 93.3 Å². The number of halogens is 1. The first-order valence-electron chi connectivity index (χ1n) is 5.15. The number of hydrogen-bond acceptors (Lipinski definition) is 6. The first kappa shape index (κ1) is 14.3. The molecule has 0 saturated carbocycles. The van der Waals surface area contributed by atoms with Crippen molar-refractivity contribution in [2.24, 2.45) is 0 Å². The molecule has 0 spiro atoms. The average Bonchev–Trinajstić information content (AvgIpc) is 2.76. The zero-order chi connectivity index (χ0) is 14.0. The first-order valence-corrected chi connectivity index (χ1v) is 7.96. The number of nitrogens with zero attached hydrogens (tertiary/aromatic N) is 2. The maximum atomic E-state index is 11.3. The van der Waals surface area contributed by atoms with Crippen LogP contribution in [0.3, 0.4) is 0 Å². The number of hydrogen-bond donors (Lipinski definition) is 1. The molecule has 2 aromatic rings. The van der Waals surface area contributed by atoms with Gasteiger partial charge in [0.15, 0.2) is 0 Å². The van der Waals surface area contributed by atoms with E-state index >= 15 is 0 Å². The Kier molecular flexibility index (Phi) is 4.14. The predicted octanol–water partition coefficient (Wildman–Crippen LogP) is 2.75. The Labute approximate surface area is 118 Å². The highest BCUT2D eigenvalue weighted by Crippen LogP contribution is 2.30. The van der Waals surface area contributed by atoms with Crippen LogP contribution in [0.5, 0.6) is 0 Å². The fraction of sp³-hybridized carbons (Fsp3) is 0.200. The molecule has 0 bridgehead atoms. The van der Waals surface area contributed by atoms with E-state index < -0.39 is 10.1 Å². The highest BCUT2D eigenvalue weighted by Gasteiger charge is 2.21. The predicted molar refractivity (Wildman–Crippen MR) is 71.0 cm³/mol. The van der Waals surface area contributed by atoms with Crippen LogP contribution in [0, 0.1) is 0 Å². The molecule has 0 amide bonds. The standard InChI is InChI=1S/C10H9ClN2O4S2/c1-2-18-10-13-12-9(17-10)7-5-6(11)3-4-8(7)19(14,15)16/h3-5H,2H2,1H3,(H,14,15,16). The molecule has 0 aliphatic rings. The van der Waals surface area contributed by atoms with Crippen LogP contribution in [0.2, 0.25) is 5.02 Å². The van der Waals surface area contributed by atoms with E-state index in [9.17, 15) is 8.42 Å². The Morgan fingerprint density at radius 1 is 1.42 bits per heavy atom. The van der Waals surface area contributed by atoms with E-state index in [0.29, 0.717) is 10.2 Å². The molecular formula is C10H9ClN2O4S2. The van der Waals surface area contributed by atoms with Crippen molar-refractivity contribution in [3.63, 3.8) is 0 Å². The van der Waals surface area contributed by atoms with Gasteiger partial charge in [0, 0.05) is 5.02 Å². The van der Waals surface area contributed by atoms with Crippen LogP contribution in [0.15, 0.2) is 32.7 Å². The molecule has 1 aromatic carbocycles. The third kappa shape index (κ3) is 3.27. The van der Waals surface area contributed by atoms with Crippen LogP contribution in [-0.2, 0) is 10.1 Å². The molecule has 1 heterocycles. The lowest BCUT2D eigenvalue weighted by Gasteiger charge is -2.03. The lowest BCUT2D eigenvalue weighted by molar-refractivity contribution is 0.462. The van der Waals surface area contributed by atoms with Crippen molar-refractivity contribution in [2.45, 2.75) is 17.0 Å². The van der Waals surface area contributed by atoms with Gasteiger partial charge < -0.3 is 4.42 Å². The molecule has 0 saturated heterocycles. The van der Waals surface area contributed by atoms with Crippen LogP contribution < -0.4 is 0 Å². The summed E-state index contributed by atoms with van der Waals surface area (Å²) in [7, 11) is -4.39. The molecule has 6 nitrogen and oxygen atoms in total. The summed E-state index contributed by atoms with van der Waals surface area (Å²) in [5.74, 6) is 0.730. The molecule has 19 heavy (non-hydrogen) atoms. The molecule has 102 valence electrons. The molecular weight excluding hydrogens is 312 g/mol. The van der Waals surface area contributed by atoms with Gasteiger partial charge in [0.25, 0.3) is 15.3 Å². The smallest absolute Gasteiger partial charge is 0.295 e. The van der Waals surface area contributed by atoms with Gasteiger partial charge in [-0.05, 0) is 24.0 Å². The van der Waals surface area contributed by atoms with E-state index in [1.165, 1.54) is 30.0 Å². The molecule has 0 unspecified atom stereocenters. The fourth-order valence-corrected chi connectivity index (χ4v) is 2.71. The van der Waals surface area contributed by atoms with Gasteiger partial charge in [0.1, 0.15) is 4.90 Å². The summed E-state index contributed by atoms with van der Waals surface area (Å²) in [6.07, 6.45) is 0. The van der Waals surface area contributed by atoms with Gasteiger partial charge in [-0.25, -0.2) is 0 Å². The molecule has 1 aromatic heterocycles. The summed E-state index contributed by atoms with van der Waals surface area (Å²) < 4.78 is 37.1. The molecule has 0 aliphatic heterocycles. The lowest BCUT2D eigenvalue weighted by Crippen LogP contribution is -2.00. The largest absolute Gasteiger partial charge is 0.411 e. The minimum Gasteiger partial charge on any atom is -0.411 e. The summed E-state index contributed by atoms with van der Waals surface area (Å²) >= 11 is 7.14. The fourth-order valence-electron chi connectivity index (χ4n) is 1.39. The van der Waals surface area contributed by atoms with Crippen molar-refractivity contribution in [1.29, 1.82) is 0 Å². The monoisotopic (exact) mass is 320 g/mol. The summed E-state index contributed by atoms with van der Waals surface area (Å²) in [6, 6.07) is 3.88. The van der Waals surface area contributed by atoms with E-state index in [1.54, 1.807) is 0 Å². The zero-order valence-electron chi connectivity index (χ0n) is 9.70. The number of rotatable bonds is 4. The van der Waals surface area contributed by atoms with Crippen molar-refractivity contribution < 1.29 is 17.4 Å². The summed E-state index contributed by atoms with van der Waals surface area (Å²) in [6.45, 7) is 1.91. The second kappa shape index (κ2) is 5.49. The van der Waals surface area contributed by atoms with Crippen molar-refractivity contribution in [1.82, 2.24) is 10.2 Å². The zero-order valence-corrected chi connectivity index (χ0v) is 12.1. The Hall–Kier alpha value is -1.09. The van der Waals surface area contributed by atoms with Crippen LogP contribution >= 0.6 is 23.4 Å². The average molecular weight is 321 g/mol. The maximum absolute atomic E-state index is 11.3. The van der Waals surface area contributed by atoms with Gasteiger partial charge >= 0.3 is 0 Å². The molecule has 0 aliphatic carbocycles.